The molecule has 122 valence electrons. The molecule has 0 N–H and O–H groups in total. The van der Waals surface area contributed by atoms with E-state index in [1.165, 1.54) is 36.4 Å². The Morgan fingerprint density at radius 3 is 2.70 bits per heavy atom. The number of nitrogens with zero attached hydrogens (tertiary/aromatic N) is 1. The molecule has 0 saturated heterocycles. The molecule has 0 bridgehead atoms. The van der Waals surface area contributed by atoms with Crippen molar-refractivity contribution in [1.82, 2.24) is 4.57 Å². The van der Waals surface area contributed by atoms with Crippen molar-refractivity contribution in [2.45, 2.75) is 13.0 Å². The number of halogens is 4. The Hall–Kier alpha value is -1.77. The molecule has 23 heavy (non-hydrogen) atoms. The first-order valence-corrected chi connectivity index (χ1v) is 7.73. The lowest BCUT2D eigenvalue weighted by Gasteiger charge is -2.17. The van der Waals surface area contributed by atoms with Crippen LogP contribution in [0.3, 0.4) is 0 Å². The highest BCUT2D eigenvalue weighted by Crippen LogP contribution is 2.32. The molecule has 0 atom stereocenters. The number of pyridine rings is 1. The lowest BCUT2D eigenvalue weighted by Crippen LogP contribution is -2.27. The zero-order chi connectivity index (χ0) is 17.0. The van der Waals surface area contributed by atoms with Gasteiger partial charge in [-0.15, -0.1) is 0 Å². The van der Waals surface area contributed by atoms with Crippen LogP contribution in [0.1, 0.15) is 0 Å². The van der Waals surface area contributed by atoms with Crippen molar-refractivity contribution >= 4 is 22.6 Å². The Kier molecular flexibility index (Phi) is 5.86. The predicted octanol–water partition coefficient (Wildman–Crippen LogP) is 4.09. The van der Waals surface area contributed by atoms with E-state index in [-0.39, 0.29) is 27.2 Å². The van der Waals surface area contributed by atoms with Gasteiger partial charge in [-0.2, -0.15) is 0 Å². The topological polar surface area (TPSA) is 31.2 Å². The van der Waals surface area contributed by atoms with E-state index in [1.807, 2.05) is 0 Å². The van der Waals surface area contributed by atoms with Crippen LogP contribution in [0, 0.1) is 9.39 Å². The second-order valence-corrected chi connectivity index (χ2v) is 5.75. The van der Waals surface area contributed by atoms with Gasteiger partial charge in [0.1, 0.15) is 18.2 Å². The summed E-state index contributed by atoms with van der Waals surface area (Å²) in [4.78, 5) is 12.2. The minimum Gasteiger partial charge on any atom is -0.489 e. The maximum Gasteiger partial charge on any atom is 0.264 e. The van der Waals surface area contributed by atoms with Gasteiger partial charge in [-0.05, 0) is 46.9 Å². The highest BCUT2D eigenvalue weighted by atomic mass is 127. The summed E-state index contributed by atoms with van der Waals surface area (Å²) in [6.45, 7) is 2.81. The van der Waals surface area contributed by atoms with Gasteiger partial charge >= 0.3 is 0 Å². The maximum absolute atomic E-state index is 14.3. The van der Waals surface area contributed by atoms with Crippen molar-refractivity contribution in [3.05, 3.63) is 62.7 Å². The number of alkyl halides is 2. The molecule has 0 aliphatic heterocycles. The van der Waals surface area contributed by atoms with Gasteiger partial charge in [-0.3, -0.25) is 4.79 Å². The quantitative estimate of drug-likeness (QED) is 0.506. The van der Waals surface area contributed by atoms with Gasteiger partial charge in [-0.1, -0.05) is 18.7 Å². The van der Waals surface area contributed by atoms with Crippen LogP contribution in [0.25, 0.3) is 11.3 Å². The third kappa shape index (κ3) is 3.95. The maximum atomic E-state index is 14.3. The third-order valence-electron chi connectivity index (χ3n) is 3.04. The molecule has 0 radical (unpaired) electrons. The molecule has 0 unspecified atom stereocenters. The Morgan fingerprint density at radius 1 is 1.30 bits per heavy atom. The standard InChI is InChI=1S/C16H13F3INO2/c1-2-8-23-13-5-3-4-10(17)15(13)12-7-6-11(20)16(22)21(12)9-14(18)19/h2-7,14H,1,8-9H2. The average molecular weight is 435 g/mol. The van der Waals surface area contributed by atoms with E-state index in [1.54, 1.807) is 22.6 Å². The predicted molar refractivity (Wildman–Crippen MR) is 90.5 cm³/mol. The minimum absolute atomic E-state index is 0.0245. The molecular weight excluding hydrogens is 422 g/mol. The zero-order valence-corrected chi connectivity index (χ0v) is 14.1. The zero-order valence-electron chi connectivity index (χ0n) is 11.9. The molecule has 3 nitrogen and oxygen atoms in total. The Balaban J connectivity index is 2.69. The first kappa shape index (κ1) is 17.6. The van der Waals surface area contributed by atoms with Crippen molar-refractivity contribution in [1.29, 1.82) is 0 Å². The molecule has 2 aromatic rings. The monoisotopic (exact) mass is 435 g/mol. The largest absolute Gasteiger partial charge is 0.489 e. The van der Waals surface area contributed by atoms with Gasteiger partial charge in [0, 0.05) is 0 Å². The van der Waals surface area contributed by atoms with Gasteiger partial charge in [0.25, 0.3) is 12.0 Å². The second-order valence-electron chi connectivity index (χ2n) is 4.59. The van der Waals surface area contributed by atoms with E-state index in [0.29, 0.717) is 0 Å². The number of benzene rings is 1. The highest BCUT2D eigenvalue weighted by Gasteiger charge is 2.19. The van der Waals surface area contributed by atoms with Crippen molar-refractivity contribution in [3.8, 4) is 17.0 Å². The van der Waals surface area contributed by atoms with E-state index < -0.39 is 24.3 Å². The summed E-state index contributed by atoms with van der Waals surface area (Å²) in [5.41, 5.74) is -0.572. The molecule has 1 aromatic carbocycles. The minimum atomic E-state index is -2.74. The fourth-order valence-electron chi connectivity index (χ4n) is 2.11. The molecular formula is C16H13F3INO2. The summed E-state index contributed by atoms with van der Waals surface area (Å²) >= 11 is 1.76. The van der Waals surface area contributed by atoms with E-state index in [4.69, 9.17) is 4.74 Å². The lowest BCUT2D eigenvalue weighted by molar-refractivity contribution is 0.125. The summed E-state index contributed by atoms with van der Waals surface area (Å²) < 4.78 is 46.5. The van der Waals surface area contributed by atoms with Crippen molar-refractivity contribution in [2.75, 3.05) is 6.61 Å². The van der Waals surface area contributed by atoms with Crippen LogP contribution in [-0.2, 0) is 6.54 Å². The lowest BCUT2D eigenvalue weighted by atomic mass is 10.1. The molecule has 0 aliphatic carbocycles. The third-order valence-corrected chi connectivity index (χ3v) is 3.86. The molecule has 2 rings (SSSR count). The number of hydrogen-bond acceptors (Lipinski definition) is 2. The first-order valence-electron chi connectivity index (χ1n) is 6.65. The molecule has 0 amide bonds. The molecule has 0 aliphatic rings. The van der Waals surface area contributed by atoms with E-state index >= 15 is 0 Å². The number of hydrogen-bond donors (Lipinski definition) is 0. The van der Waals surface area contributed by atoms with Crippen molar-refractivity contribution in [2.24, 2.45) is 0 Å². The van der Waals surface area contributed by atoms with Crippen LogP contribution in [0.5, 0.6) is 5.75 Å². The van der Waals surface area contributed by atoms with Crippen LogP contribution >= 0.6 is 22.6 Å². The van der Waals surface area contributed by atoms with E-state index in [9.17, 15) is 18.0 Å². The van der Waals surface area contributed by atoms with Crippen molar-refractivity contribution < 1.29 is 17.9 Å². The van der Waals surface area contributed by atoms with Gasteiger partial charge in [-0.25, -0.2) is 13.2 Å². The SMILES string of the molecule is C=CCOc1cccc(F)c1-c1ccc(I)c(=O)n1CC(F)F. The second kappa shape index (κ2) is 7.67. The molecule has 0 fully saturated rings. The van der Waals surface area contributed by atoms with Crippen LogP contribution in [0.15, 0.2) is 47.8 Å². The average Bonchev–Trinajstić information content (AvgIpc) is 2.50. The summed E-state index contributed by atoms with van der Waals surface area (Å²) in [5.74, 6) is -0.497. The van der Waals surface area contributed by atoms with E-state index in [2.05, 4.69) is 6.58 Å². The molecule has 1 aromatic heterocycles. The Labute approximate surface area is 144 Å². The summed E-state index contributed by atoms with van der Waals surface area (Å²) in [5, 5.41) is 0. The Bertz CT molecular complexity index is 774. The summed E-state index contributed by atoms with van der Waals surface area (Å²) in [7, 11) is 0. The van der Waals surface area contributed by atoms with Crippen LogP contribution in [-0.4, -0.2) is 17.6 Å². The summed E-state index contributed by atoms with van der Waals surface area (Å²) in [6.07, 6.45) is -1.26. The van der Waals surface area contributed by atoms with Crippen molar-refractivity contribution in [3.63, 3.8) is 0 Å². The summed E-state index contributed by atoms with van der Waals surface area (Å²) in [6, 6.07) is 7.04. The van der Waals surface area contributed by atoms with E-state index in [0.717, 1.165) is 4.57 Å². The number of rotatable bonds is 6. The molecule has 7 heteroatoms. The normalized spacial score (nSPS) is 10.8. The number of ether oxygens (including phenoxy) is 1. The molecule has 0 saturated carbocycles. The van der Waals surface area contributed by atoms with Gasteiger partial charge in [0.05, 0.1) is 21.4 Å². The van der Waals surface area contributed by atoms with Crippen LogP contribution in [0.4, 0.5) is 13.2 Å². The van der Waals surface area contributed by atoms with Crippen LogP contribution < -0.4 is 10.3 Å². The molecule has 0 spiro atoms. The smallest absolute Gasteiger partial charge is 0.264 e. The van der Waals surface area contributed by atoms with Gasteiger partial charge in [0.15, 0.2) is 0 Å². The van der Waals surface area contributed by atoms with Crippen LogP contribution in [0.2, 0.25) is 0 Å². The fraction of sp³-hybridized carbons (Fsp3) is 0.188. The van der Waals surface area contributed by atoms with Gasteiger partial charge in [0.2, 0.25) is 0 Å². The fourth-order valence-corrected chi connectivity index (χ4v) is 2.58. The Morgan fingerprint density at radius 2 is 2.04 bits per heavy atom. The highest BCUT2D eigenvalue weighted by molar-refractivity contribution is 14.1. The first-order chi connectivity index (χ1) is 11.0. The number of aromatic nitrogens is 1. The molecule has 1 heterocycles. The van der Waals surface area contributed by atoms with Gasteiger partial charge < -0.3 is 9.30 Å².